The van der Waals surface area contributed by atoms with Crippen molar-refractivity contribution in [3.8, 4) is 0 Å². The van der Waals surface area contributed by atoms with Gasteiger partial charge in [-0.2, -0.15) is 5.10 Å². The number of hydrogen-bond donors (Lipinski definition) is 0. The second-order valence-corrected chi connectivity index (χ2v) is 7.89. The Bertz CT molecular complexity index is 548. The summed E-state index contributed by atoms with van der Waals surface area (Å²) in [5.41, 5.74) is 2.80. The summed E-state index contributed by atoms with van der Waals surface area (Å²) >= 11 is 2.24. The van der Waals surface area contributed by atoms with Crippen molar-refractivity contribution >= 4 is 18.0 Å². The van der Waals surface area contributed by atoms with Crippen LogP contribution in [-0.2, 0) is 0 Å². The number of fused-ring (bicyclic) bond motifs is 3. The SMILES string of the molecule is C1=NN2CC(C3CC3)(C3CC3)SC2c2ccccc21. The van der Waals surface area contributed by atoms with E-state index in [0.717, 1.165) is 11.8 Å². The molecule has 2 nitrogen and oxygen atoms in total. The molecule has 4 aliphatic rings. The van der Waals surface area contributed by atoms with E-state index in [1.165, 1.54) is 43.4 Å². The Hall–Kier alpha value is -0.960. The third-order valence-corrected chi connectivity index (χ3v) is 7.11. The highest BCUT2D eigenvalue weighted by Crippen LogP contribution is 2.66. The van der Waals surface area contributed by atoms with Gasteiger partial charge in [0.25, 0.3) is 0 Å². The first-order chi connectivity index (χ1) is 9.37. The lowest BCUT2D eigenvalue weighted by Crippen LogP contribution is -2.35. The molecule has 0 spiro atoms. The Balaban J connectivity index is 1.56. The van der Waals surface area contributed by atoms with E-state index in [-0.39, 0.29) is 0 Å². The lowest BCUT2D eigenvalue weighted by molar-refractivity contribution is 0.248. The second kappa shape index (κ2) is 3.57. The van der Waals surface area contributed by atoms with Crippen LogP contribution in [0.15, 0.2) is 29.4 Å². The van der Waals surface area contributed by atoms with Crippen LogP contribution < -0.4 is 0 Å². The molecule has 0 N–H and O–H groups in total. The van der Waals surface area contributed by atoms with Crippen LogP contribution in [0.25, 0.3) is 0 Å². The lowest BCUT2D eigenvalue weighted by atomic mass is 9.96. The van der Waals surface area contributed by atoms with Crippen LogP contribution in [0.5, 0.6) is 0 Å². The van der Waals surface area contributed by atoms with Gasteiger partial charge >= 0.3 is 0 Å². The van der Waals surface area contributed by atoms with E-state index < -0.39 is 0 Å². The summed E-state index contributed by atoms with van der Waals surface area (Å²) in [6, 6.07) is 8.78. The smallest absolute Gasteiger partial charge is 0.119 e. The van der Waals surface area contributed by atoms with Crippen LogP contribution in [-0.4, -0.2) is 22.5 Å². The number of rotatable bonds is 2. The van der Waals surface area contributed by atoms with Crippen LogP contribution in [0.1, 0.15) is 42.2 Å². The number of benzene rings is 1. The number of hydrogen-bond acceptors (Lipinski definition) is 3. The fourth-order valence-electron chi connectivity index (χ4n) is 3.89. The summed E-state index contributed by atoms with van der Waals surface area (Å²) < 4.78 is 0.527. The van der Waals surface area contributed by atoms with Gasteiger partial charge in [-0.1, -0.05) is 24.3 Å². The highest BCUT2D eigenvalue weighted by Gasteiger charge is 2.60. The van der Waals surface area contributed by atoms with Crippen molar-refractivity contribution in [3.05, 3.63) is 35.4 Å². The minimum atomic E-state index is 0.474. The van der Waals surface area contributed by atoms with Crippen molar-refractivity contribution in [2.45, 2.75) is 35.8 Å². The minimum absolute atomic E-state index is 0.474. The lowest BCUT2D eigenvalue weighted by Gasteiger charge is -2.27. The normalized spacial score (nSPS) is 31.2. The minimum Gasteiger partial charge on any atom is -0.278 e. The molecule has 2 aliphatic heterocycles. The maximum atomic E-state index is 4.74. The third-order valence-electron chi connectivity index (χ3n) is 5.15. The largest absolute Gasteiger partial charge is 0.278 e. The average Bonchev–Trinajstić information content (AvgIpc) is 3.33. The first kappa shape index (κ1) is 10.8. The second-order valence-electron chi connectivity index (χ2n) is 6.44. The van der Waals surface area contributed by atoms with Crippen molar-refractivity contribution in [2.75, 3.05) is 6.54 Å². The predicted molar refractivity (Wildman–Crippen MR) is 79.3 cm³/mol. The molecule has 2 aliphatic carbocycles. The standard InChI is InChI=1S/C16H18N2S/c1-2-4-14-11(3-1)9-17-18-10-16(12-5-6-12,13-7-8-13)19-15(14)18/h1-4,9,12-13,15H,5-8,10H2. The average molecular weight is 270 g/mol. The van der Waals surface area contributed by atoms with Gasteiger partial charge < -0.3 is 0 Å². The topological polar surface area (TPSA) is 15.6 Å². The molecule has 3 heteroatoms. The molecule has 1 aromatic rings. The van der Waals surface area contributed by atoms with E-state index in [1.54, 1.807) is 0 Å². The van der Waals surface area contributed by atoms with E-state index in [4.69, 9.17) is 5.10 Å². The van der Waals surface area contributed by atoms with Crippen LogP contribution in [0.2, 0.25) is 0 Å². The third kappa shape index (κ3) is 1.48. The molecule has 0 amide bonds. The highest BCUT2D eigenvalue weighted by atomic mass is 32.2. The Morgan fingerprint density at radius 3 is 2.58 bits per heavy atom. The molecule has 0 bridgehead atoms. The Morgan fingerprint density at radius 1 is 1.11 bits per heavy atom. The van der Waals surface area contributed by atoms with Crippen molar-refractivity contribution in [3.63, 3.8) is 0 Å². The number of nitrogens with zero attached hydrogens (tertiary/aromatic N) is 2. The molecule has 2 saturated carbocycles. The van der Waals surface area contributed by atoms with Gasteiger partial charge in [-0.25, -0.2) is 0 Å². The molecule has 19 heavy (non-hydrogen) atoms. The molecule has 5 rings (SSSR count). The van der Waals surface area contributed by atoms with Crippen LogP contribution >= 0.6 is 11.8 Å². The summed E-state index contributed by atoms with van der Waals surface area (Å²) in [6.45, 7) is 1.18. The maximum absolute atomic E-state index is 4.74. The van der Waals surface area contributed by atoms with Gasteiger partial charge in [-0.3, -0.25) is 5.01 Å². The van der Waals surface area contributed by atoms with Crippen LogP contribution in [0.4, 0.5) is 0 Å². The van der Waals surface area contributed by atoms with Gasteiger partial charge in [-0.15, -0.1) is 11.8 Å². The molecular formula is C16H18N2S. The van der Waals surface area contributed by atoms with E-state index in [0.29, 0.717) is 10.1 Å². The maximum Gasteiger partial charge on any atom is 0.119 e. The van der Waals surface area contributed by atoms with Gasteiger partial charge in [0.2, 0.25) is 0 Å². The van der Waals surface area contributed by atoms with Gasteiger partial charge in [0.15, 0.2) is 0 Å². The zero-order valence-corrected chi connectivity index (χ0v) is 11.8. The highest BCUT2D eigenvalue weighted by molar-refractivity contribution is 8.01. The monoisotopic (exact) mass is 270 g/mol. The summed E-state index contributed by atoms with van der Waals surface area (Å²) in [7, 11) is 0. The van der Waals surface area contributed by atoms with Crippen molar-refractivity contribution in [2.24, 2.45) is 16.9 Å². The Kier molecular flexibility index (Phi) is 2.03. The van der Waals surface area contributed by atoms with Gasteiger partial charge in [-0.05, 0) is 43.1 Å². The molecule has 1 saturated heterocycles. The molecule has 1 aromatic carbocycles. The quantitative estimate of drug-likeness (QED) is 0.815. The summed E-state index contributed by atoms with van der Waals surface area (Å²) in [6.07, 6.45) is 7.87. The first-order valence-electron chi connectivity index (χ1n) is 7.44. The molecule has 1 atom stereocenters. The summed E-state index contributed by atoms with van der Waals surface area (Å²) in [4.78, 5) is 0. The fourth-order valence-corrected chi connectivity index (χ4v) is 5.96. The molecule has 3 fully saturated rings. The van der Waals surface area contributed by atoms with Crippen molar-refractivity contribution < 1.29 is 0 Å². The zero-order valence-electron chi connectivity index (χ0n) is 11.0. The van der Waals surface area contributed by atoms with E-state index >= 15 is 0 Å². The summed E-state index contributed by atoms with van der Waals surface area (Å²) in [5, 5.41) is 7.58. The van der Waals surface area contributed by atoms with Gasteiger partial charge in [0, 0.05) is 10.3 Å². The van der Waals surface area contributed by atoms with E-state index in [1.807, 2.05) is 0 Å². The predicted octanol–water partition coefficient (Wildman–Crippen LogP) is 3.64. The van der Waals surface area contributed by atoms with Crippen LogP contribution in [0.3, 0.4) is 0 Å². The van der Waals surface area contributed by atoms with Crippen molar-refractivity contribution in [1.82, 2.24) is 5.01 Å². The van der Waals surface area contributed by atoms with Crippen molar-refractivity contribution in [1.29, 1.82) is 0 Å². The molecule has 2 heterocycles. The Labute approximate surface area is 118 Å². The van der Waals surface area contributed by atoms with Crippen LogP contribution in [0, 0.1) is 11.8 Å². The first-order valence-corrected chi connectivity index (χ1v) is 8.32. The molecular weight excluding hydrogens is 252 g/mol. The molecule has 98 valence electrons. The molecule has 1 unspecified atom stereocenters. The van der Waals surface area contributed by atoms with Gasteiger partial charge in [0.05, 0.1) is 12.8 Å². The molecule has 0 radical (unpaired) electrons. The zero-order chi connectivity index (χ0) is 12.4. The summed E-state index contributed by atoms with van der Waals surface area (Å²) in [5.74, 6) is 1.94. The van der Waals surface area contributed by atoms with Gasteiger partial charge in [0.1, 0.15) is 5.37 Å². The number of thioether (sulfide) groups is 1. The Morgan fingerprint density at radius 2 is 1.84 bits per heavy atom. The molecule has 0 aromatic heterocycles. The van der Waals surface area contributed by atoms with E-state index in [9.17, 15) is 0 Å². The fraction of sp³-hybridized carbons (Fsp3) is 0.562. The number of hydrazone groups is 1. The van der Waals surface area contributed by atoms with E-state index in [2.05, 4.69) is 47.3 Å².